The fourth-order valence-corrected chi connectivity index (χ4v) is 2.77. The summed E-state index contributed by atoms with van der Waals surface area (Å²) in [5.41, 5.74) is 2.12. The minimum Gasteiger partial charge on any atom is -0.314 e. The predicted molar refractivity (Wildman–Crippen MR) is 84.9 cm³/mol. The summed E-state index contributed by atoms with van der Waals surface area (Å²) in [6.45, 7) is 9.71. The third-order valence-electron chi connectivity index (χ3n) is 3.64. The molecule has 1 atom stereocenters. The molecule has 0 radical (unpaired) electrons. The van der Waals surface area contributed by atoms with Gasteiger partial charge in [0.1, 0.15) is 0 Å². The van der Waals surface area contributed by atoms with Gasteiger partial charge in [-0.1, -0.05) is 45.0 Å². The molecule has 0 aliphatic carbocycles. The van der Waals surface area contributed by atoms with E-state index in [1.165, 1.54) is 10.8 Å². The minimum atomic E-state index is 0.473. The first kappa shape index (κ1) is 14.9. The number of fused-ring (bicyclic) bond motifs is 1. The Labute approximate surface area is 121 Å². The van der Waals surface area contributed by atoms with Gasteiger partial charge in [0.15, 0.2) is 0 Å². The molecule has 0 spiro atoms. The maximum Gasteiger partial charge on any atom is 0.0725 e. The summed E-state index contributed by atoms with van der Waals surface area (Å²) in [6, 6.07) is 8.91. The highest BCUT2D eigenvalue weighted by atomic mass is 15.1. The number of nitrogens with zero attached hydrogens (tertiary/aromatic N) is 2. The Bertz CT molecular complexity index is 563. The Hall–Kier alpha value is -1.48. The number of aryl methyl sites for hydroxylation is 1. The SMILES string of the molecule is CCNC(Cc1nnc(C)c2ccccc12)CC(C)C. The lowest BCUT2D eigenvalue weighted by molar-refractivity contribution is 0.421. The van der Waals surface area contributed by atoms with E-state index in [4.69, 9.17) is 0 Å². The van der Waals surface area contributed by atoms with E-state index in [-0.39, 0.29) is 0 Å². The van der Waals surface area contributed by atoms with Crippen LogP contribution in [0.2, 0.25) is 0 Å². The van der Waals surface area contributed by atoms with E-state index < -0.39 is 0 Å². The topological polar surface area (TPSA) is 37.8 Å². The van der Waals surface area contributed by atoms with Crippen molar-refractivity contribution in [2.24, 2.45) is 5.92 Å². The van der Waals surface area contributed by atoms with Crippen LogP contribution in [0.15, 0.2) is 24.3 Å². The van der Waals surface area contributed by atoms with Gasteiger partial charge in [-0.3, -0.25) is 0 Å². The summed E-state index contributed by atoms with van der Waals surface area (Å²) in [6.07, 6.45) is 2.11. The van der Waals surface area contributed by atoms with Gasteiger partial charge in [0.05, 0.1) is 11.4 Å². The Kier molecular flexibility index (Phi) is 5.07. The Morgan fingerprint density at radius 1 is 1.10 bits per heavy atom. The second-order valence-electron chi connectivity index (χ2n) is 5.87. The van der Waals surface area contributed by atoms with Crippen LogP contribution in [0.5, 0.6) is 0 Å². The number of benzene rings is 1. The molecule has 1 unspecified atom stereocenters. The van der Waals surface area contributed by atoms with Crippen molar-refractivity contribution in [3.63, 3.8) is 0 Å². The second-order valence-corrected chi connectivity index (χ2v) is 5.87. The fraction of sp³-hybridized carbons (Fsp3) is 0.529. The molecular weight excluding hydrogens is 246 g/mol. The zero-order chi connectivity index (χ0) is 14.5. The van der Waals surface area contributed by atoms with Crippen molar-refractivity contribution in [1.29, 1.82) is 0 Å². The fourth-order valence-electron chi connectivity index (χ4n) is 2.77. The number of rotatable bonds is 6. The van der Waals surface area contributed by atoms with Crippen molar-refractivity contribution in [2.75, 3.05) is 6.54 Å². The molecule has 0 fully saturated rings. The lowest BCUT2D eigenvalue weighted by Crippen LogP contribution is -2.32. The van der Waals surface area contributed by atoms with Crippen molar-refractivity contribution in [2.45, 2.75) is 46.6 Å². The third kappa shape index (κ3) is 3.54. The predicted octanol–water partition coefficient (Wildman–Crippen LogP) is 3.50. The molecule has 0 bridgehead atoms. The van der Waals surface area contributed by atoms with Crippen LogP contribution in [-0.2, 0) is 6.42 Å². The van der Waals surface area contributed by atoms with Crippen LogP contribution in [0.25, 0.3) is 10.8 Å². The van der Waals surface area contributed by atoms with Crippen molar-refractivity contribution >= 4 is 10.8 Å². The monoisotopic (exact) mass is 271 g/mol. The summed E-state index contributed by atoms with van der Waals surface area (Å²) < 4.78 is 0. The lowest BCUT2D eigenvalue weighted by Gasteiger charge is -2.20. The summed E-state index contributed by atoms with van der Waals surface area (Å²) in [4.78, 5) is 0. The molecule has 1 aromatic heterocycles. The van der Waals surface area contributed by atoms with Gasteiger partial charge in [-0.15, -0.1) is 0 Å². The molecule has 2 aromatic rings. The first-order chi connectivity index (χ1) is 9.61. The zero-order valence-electron chi connectivity index (χ0n) is 13.0. The molecule has 3 heteroatoms. The van der Waals surface area contributed by atoms with Crippen LogP contribution in [0.4, 0.5) is 0 Å². The van der Waals surface area contributed by atoms with E-state index >= 15 is 0 Å². The molecule has 108 valence electrons. The van der Waals surface area contributed by atoms with E-state index in [0.29, 0.717) is 12.0 Å². The highest BCUT2D eigenvalue weighted by Gasteiger charge is 2.14. The summed E-state index contributed by atoms with van der Waals surface area (Å²) in [5, 5.41) is 14.8. The summed E-state index contributed by atoms with van der Waals surface area (Å²) in [7, 11) is 0. The minimum absolute atomic E-state index is 0.473. The van der Waals surface area contributed by atoms with Crippen molar-refractivity contribution in [1.82, 2.24) is 15.5 Å². The van der Waals surface area contributed by atoms with Gasteiger partial charge >= 0.3 is 0 Å². The Morgan fingerprint density at radius 3 is 2.45 bits per heavy atom. The quantitative estimate of drug-likeness (QED) is 0.873. The first-order valence-electron chi connectivity index (χ1n) is 7.56. The molecule has 1 aromatic carbocycles. The van der Waals surface area contributed by atoms with E-state index in [1.807, 2.05) is 6.92 Å². The van der Waals surface area contributed by atoms with Gasteiger partial charge in [-0.2, -0.15) is 10.2 Å². The van der Waals surface area contributed by atoms with Crippen LogP contribution in [0.3, 0.4) is 0 Å². The summed E-state index contributed by atoms with van der Waals surface area (Å²) >= 11 is 0. The van der Waals surface area contributed by atoms with Gasteiger partial charge in [-0.25, -0.2) is 0 Å². The van der Waals surface area contributed by atoms with Gasteiger partial charge in [0.2, 0.25) is 0 Å². The van der Waals surface area contributed by atoms with Crippen LogP contribution < -0.4 is 5.32 Å². The standard InChI is InChI=1S/C17H25N3/c1-5-18-14(10-12(2)3)11-17-16-9-7-6-8-15(16)13(4)19-20-17/h6-9,12,14,18H,5,10-11H2,1-4H3. The average molecular weight is 271 g/mol. The second kappa shape index (κ2) is 6.80. The first-order valence-corrected chi connectivity index (χ1v) is 7.56. The van der Waals surface area contributed by atoms with E-state index in [1.54, 1.807) is 0 Å². The molecule has 0 aliphatic rings. The molecule has 0 amide bonds. The molecular formula is C17H25N3. The van der Waals surface area contributed by atoms with Crippen molar-refractivity contribution in [3.05, 3.63) is 35.7 Å². The number of nitrogens with one attached hydrogen (secondary N) is 1. The molecule has 0 saturated heterocycles. The van der Waals surface area contributed by atoms with Gasteiger partial charge in [-0.05, 0) is 25.8 Å². The number of aromatic nitrogens is 2. The highest BCUT2D eigenvalue weighted by Crippen LogP contribution is 2.21. The van der Waals surface area contributed by atoms with E-state index in [2.05, 4.69) is 60.6 Å². The molecule has 2 rings (SSSR count). The Morgan fingerprint density at radius 2 is 1.80 bits per heavy atom. The number of hydrogen-bond acceptors (Lipinski definition) is 3. The number of hydrogen-bond donors (Lipinski definition) is 1. The van der Waals surface area contributed by atoms with Crippen molar-refractivity contribution < 1.29 is 0 Å². The Balaban J connectivity index is 2.30. The largest absolute Gasteiger partial charge is 0.314 e. The smallest absolute Gasteiger partial charge is 0.0725 e. The zero-order valence-corrected chi connectivity index (χ0v) is 13.0. The molecule has 1 heterocycles. The molecule has 20 heavy (non-hydrogen) atoms. The van der Waals surface area contributed by atoms with E-state index in [9.17, 15) is 0 Å². The van der Waals surface area contributed by atoms with Gasteiger partial charge in [0.25, 0.3) is 0 Å². The van der Waals surface area contributed by atoms with Crippen LogP contribution in [-0.4, -0.2) is 22.8 Å². The van der Waals surface area contributed by atoms with Gasteiger partial charge < -0.3 is 5.32 Å². The number of likely N-dealkylation sites (N-methyl/N-ethyl adjacent to an activating group) is 1. The maximum absolute atomic E-state index is 4.45. The highest BCUT2D eigenvalue weighted by molar-refractivity contribution is 5.86. The average Bonchev–Trinajstić information content (AvgIpc) is 2.42. The van der Waals surface area contributed by atoms with E-state index in [0.717, 1.165) is 30.8 Å². The molecule has 3 nitrogen and oxygen atoms in total. The van der Waals surface area contributed by atoms with Crippen molar-refractivity contribution in [3.8, 4) is 0 Å². The van der Waals surface area contributed by atoms with Crippen LogP contribution >= 0.6 is 0 Å². The third-order valence-corrected chi connectivity index (χ3v) is 3.64. The van der Waals surface area contributed by atoms with Gasteiger partial charge in [0, 0.05) is 23.2 Å². The summed E-state index contributed by atoms with van der Waals surface area (Å²) in [5.74, 6) is 0.684. The van der Waals surface area contributed by atoms with Crippen LogP contribution in [0.1, 0.15) is 38.6 Å². The molecule has 0 saturated carbocycles. The maximum atomic E-state index is 4.45. The molecule has 1 N–H and O–H groups in total. The lowest BCUT2D eigenvalue weighted by atomic mass is 9.97. The normalized spacial score (nSPS) is 13.1. The van der Waals surface area contributed by atoms with Crippen LogP contribution in [0, 0.1) is 12.8 Å². The molecule has 0 aliphatic heterocycles.